The van der Waals surface area contributed by atoms with Gasteiger partial charge in [0.2, 0.25) is 0 Å². The third-order valence-corrected chi connectivity index (χ3v) is 4.19. The SMILES string of the molecule is CCNCc1ccc(CN2CCCC(CC)C2)cc1. The number of piperidine rings is 1. The highest BCUT2D eigenvalue weighted by Gasteiger charge is 2.18. The minimum Gasteiger partial charge on any atom is -0.313 e. The van der Waals surface area contributed by atoms with Gasteiger partial charge in [-0.2, -0.15) is 0 Å². The highest BCUT2D eigenvalue weighted by Crippen LogP contribution is 2.20. The van der Waals surface area contributed by atoms with E-state index in [1.807, 2.05) is 0 Å². The van der Waals surface area contributed by atoms with E-state index in [0.29, 0.717) is 0 Å². The van der Waals surface area contributed by atoms with Gasteiger partial charge in [0.05, 0.1) is 0 Å². The number of benzene rings is 1. The molecule has 2 nitrogen and oxygen atoms in total. The number of hydrogen-bond donors (Lipinski definition) is 1. The molecule has 0 aromatic heterocycles. The van der Waals surface area contributed by atoms with Gasteiger partial charge in [0.15, 0.2) is 0 Å². The summed E-state index contributed by atoms with van der Waals surface area (Å²) in [4.78, 5) is 2.62. The molecule has 1 N–H and O–H groups in total. The van der Waals surface area contributed by atoms with Crippen molar-refractivity contribution in [2.75, 3.05) is 19.6 Å². The Labute approximate surface area is 118 Å². The Kier molecular flexibility index (Phi) is 5.87. The minimum atomic E-state index is 0.918. The predicted octanol–water partition coefficient (Wildman–Crippen LogP) is 3.42. The lowest BCUT2D eigenvalue weighted by atomic mass is 9.95. The molecule has 2 rings (SSSR count). The van der Waals surface area contributed by atoms with Crippen LogP contribution in [-0.4, -0.2) is 24.5 Å². The van der Waals surface area contributed by atoms with Crippen LogP contribution in [0.2, 0.25) is 0 Å². The molecule has 1 heterocycles. The molecular formula is C17H28N2. The third kappa shape index (κ3) is 4.63. The van der Waals surface area contributed by atoms with Gasteiger partial charge < -0.3 is 5.32 Å². The van der Waals surface area contributed by atoms with E-state index in [2.05, 4.69) is 48.3 Å². The minimum absolute atomic E-state index is 0.918. The molecular weight excluding hydrogens is 232 g/mol. The predicted molar refractivity (Wildman–Crippen MR) is 82.1 cm³/mol. The van der Waals surface area contributed by atoms with Gasteiger partial charge in [-0.1, -0.05) is 44.5 Å². The van der Waals surface area contributed by atoms with Crippen LogP contribution in [0.4, 0.5) is 0 Å². The molecule has 1 fully saturated rings. The topological polar surface area (TPSA) is 15.3 Å². The summed E-state index contributed by atoms with van der Waals surface area (Å²) in [6, 6.07) is 9.11. The third-order valence-electron chi connectivity index (χ3n) is 4.19. The second-order valence-corrected chi connectivity index (χ2v) is 5.75. The average molecular weight is 260 g/mol. The molecule has 2 heteroatoms. The summed E-state index contributed by atoms with van der Waals surface area (Å²) in [5.74, 6) is 0.918. The van der Waals surface area contributed by atoms with Crippen LogP contribution >= 0.6 is 0 Å². The Morgan fingerprint density at radius 1 is 1.16 bits per heavy atom. The van der Waals surface area contributed by atoms with Crippen LogP contribution in [0.25, 0.3) is 0 Å². The molecule has 0 spiro atoms. The van der Waals surface area contributed by atoms with Gasteiger partial charge in [0.1, 0.15) is 0 Å². The van der Waals surface area contributed by atoms with E-state index in [0.717, 1.165) is 25.6 Å². The summed E-state index contributed by atoms with van der Waals surface area (Å²) in [6.45, 7) is 10.2. The fourth-order valence-corrected chi connectivity index (χ4v) is 2.92. The van der Waals surface area contributed by atoms with Gasteiger partial charge in [0, 0.05) is 19.6 Å². The van der Waals surface area contributed by atoms with Crippen molar-refractivity contribution in [3.8, 4) is 0 Å². The van der Waals surface area contributed by atoms with Crippen molar-refractivity contribution < 1.29 is 0 Å². The number of likely N-dealkylation sites (tertiary alicyclic amines) is 1. The second-order valence-electron chi connectivity index (χ2n) is 5.75. The van der Waals surface area contributed by atoms with E-state index >= 15 is 0 Å². The molecule has 1 aromatic carbocycles. The molecule has 0 saturated carbocycles. The van der Waals surface area contributed by atoms with Crippen molar-refractivity contribution in [2.45, 2.75) is 46.2 Å². The Morgan fingerprint density at radius 2 is 1.89 bits per heavy atom. The molecule has 0 bridgehead atoms. The first-order valence-electron chi connectivity index (χ1n) is 7.82. The van der Waals surface area contributed by atoms with Gasteiger partial charge in [-0.3, -0.25) is 4.90 Å². The van der Waals surface area contributed by atoms with Crippen molar-refractivity contribution in [1.82, 2.24) is 10.2 Å². The van der Waals surface area contributed by atoms with Crippen LogP contribution in [0.1, 0.15) is 44.2 Å². The first kappa shape index (κ1) is 14.5. The summed E-state index contributed by atoms with van der Waals surface area (Å²) < 4.78 is 0. The molecule has 1 unspecified atom stereocenters. The second kappa shape index (κ2) is 7.66. The van der Waals surface area contributed by atoms with Crippen molar-refractivity contribution >= 4 is 0 Å². The molecule has 1 saturated heterocycles. The van der Waals surface area contributed by atoms with Gasteiger partial charge in [0.25, 0.3) is 0 Å². The summed E-state index contributed by atoms with van der Waals surface area (Å²) in [7, 11) is 0. The largest absolute Gasteiger partial charge is 0.313 e. The Bertz CT molecular complexity index is 358. The monoisotopic (exact) mass is 260 g/mol. The lowest BCUT2D eigenvalue weighted by Gasteiger charge is -2.32. The quantitative estimate of drug-likeness (QED) is 0.843. The van der Waals surface area contributed by atoms with Crippen molar-refractivity contribution in [2.24, 2.45) is 5.92 Å². The highest BCUT2D eigenvalue weighted by molar-refractivity contribution is 5.22. The maximum Gasteiger partial charge on any atom is 0.0233 e. The zero-order chi connectivity index (χ0) is 13.5. The normalized spacial score (nSPS) is 20.6. The van der Waals surface area contributed by atoms with Crippen LogP contribution in [0, 0.1) is 5.92 Å². The molecule has 0 amide bonds. The van der Waals surface area contributed by atoms with E-state index in [4.69, 9.17) is 0 Å². The van der Waals surface area contributed by atoms with Gasteiger partial charge in [-0.05, 0) is 43.0 Å². The standard InChI is InChI=1S/C17H28N2/c1-3-15-6-5-11-19(13-15)14-17-9-7-16(8-10-17)12-18-4-2/h7-10,15,18H,3-6,11-14H2,1-2H3. The fourth-order valence-electron chi connectivity index (χ4n) is 2.92. The Hall–Kier alpha value is -0.860. The number of rotatable bonds is 6. The summed E-state index contributed by atoms with van der Waals surface area (Å²) in [5, 5.41) is 3.37. The Balaban J connectivity index is 1.85. The summed E-state index contributed by atoms with van der Waals surface area (Å²) in [6.07, 6.45) is 4.13. The van der Waals surface area contributed by atoms with Gasteiger partial charge in [-0.25, -0.2) is 0 Å². The molecule has 19 heavy (non-hydrogen) atoms. The molecule has 106 valence electrons. The summed E-state index contributed by atoms with van der Waals surface area (Å²) >= 11 is 0. The number of nitrogens with one attached hydrogen (secondary N) is 1. The van der Waals surface area contributed by atoms with E-state index in [1.54, 1.807) is 0 Å². The van der Waals surface area contributed by atoms with Crippen LogP contribution < -0.4 is 5.32 Å². The highest BCUT2D eigenvalue weighted by atomic mass is 15.1. The average Bonchev–Trinajstić information content (AvgIpc) is 2.47. The molecule has 0 radical (unpaired) electrons. The fraction of sp³-hybridized carbons (Fsp3) is 0.647. The zero-order valence-electron chi connectivity index (χ0n) is 12.5. The maximum atomic E-state index is 3.37. The van der Waals surface area contributed by atoms with E-state index < -0.39 is 0 Å². The van der Waals surface area contributed by atoms with Crippen molar-refractivity contribution in [3.05, 3.63) is 35.4 Å². The number of nitrogens with zero attached hydrogens (tertiary/aromatic N) is 1. The van der Waals surface area contributed by atoms with Gasteiger partial charge in [-0.15, -0.1) is 0 Å². The zero-order valence-corrected chi connectivity index (χ0v) is 12.5. The molecule has 1 aliphatic heterocycles. The lowest BCUT2D eigenvalue weighted by Crippen LogP contribution is -2.34. The number of hydrogen-bond acceptors (Lipinski definition) is 2. The van der Waals surface area contributed by atoms with Crippen molar-refractivity contribution in [3.63, 3.8) is 0 Å². The molecule has 1 atom stereocenters. The van der Waals surface area contributed by atoms with E-state index in [1.165, 1.54) is 43.5 Å². The first-order valence-corrected chi connectivity index (χ1v) is 7.82. The first-order chi connectivity index (χ1) is 9.31. The van der Waals surface area contributed by atoms with E-state index in [-0.39, 0.29) is 0 Å². The molecule has 0 aliphatic carbocycles. The van der Waals surface area contributed by atoms with Gasteiger partial charge >= 0.3 is 0 Å². The smallest absolute Gasteiger partial charge is 0.0233 e. The maximum absolute atomic E-state index is 3.37. The molecule has 1 aromatic rings. The summed E-state index contributed by atoms with van der Waals surface area (Å²) in [5.41, 5.74) is 2.84. The van der Waals surface area contributed by atoms with Crippen LogP contribution in [-0.2, 0) is 13.1 Å². The molecule has 1 aliphatic rings. The van der Waals surface area contributed by atoms with Crippen LogP contribution in [0.3, 0.4) is 0 Å². The Morgan fingerprint density at radius 3 is 2.58 bits per heavy atom. The van der Waals surface area contributed by atoms with Crippen LogP contribution in [0.5, 0.6) is 0 Å². The van der Waals surface area contributed by atoms with Crippen molar-refractivity contribution in [1.29, 1.82) is 0 Å². The lowest BCUT2D eigenvalue weighted by molar-refractivity contribution is 0.165. The van der Waals surface area contributed by atoms with E-state index in [9.17, 15) is 0 Å². The van der Waals surface area contributed by atoms with Crippen LogP contribution in [0.15, 0.2) is 24.3 Å².